The Morgan fingerprint density at radius 3 is 2.74 bits per heavy atom. The molecule has 2 aliphatic rings. The van der Waals surface area contributed by atoms with Crippen LogP contribution in [0.15, 0.2) is 47.6 Å². The van der Waals surface area contributed by atoms with Crippen molar-refractivity contribution < 1.29 is 22.6 Å². The lowest BCUT2D eigenvalue weighted by molar-refractivity contribution is 0.0762. The molecule has 0 amide bonds. The molecule has 4 rings (SSSR count). The maximum absolute atomic E-state index is 13.4. The molecule has 2 aliphatic heterocycles. The molecule has 0 spiro atoms. The molecule has 2 fully saturated rings. The van der Waals surface area contributed by atoms with Gasteiger partial charge in [-0.2, -0.15) is 4.31 Å². The highest BCUT2D eigenvalue weighted by atomic mass is 32.2. The van der Waals surface area contributed by atoms with E-state index in [0.717, 1.165) is 25.1 Å². The average molecular weight is 448 g/mol. The van der Waals surface area contributed by atoms with E-state index >= 15 is 0 Å². The molecule has 31 heavy (non-hydrogen) atoms. The highest BCUT2D eigenvalue weighted by Crippen LogP contribution is 2.33. The third-order valence-electron chi connectivity index (χ3n) is 6.08. The molecule has 0 saturated carbocycles. The first-order valence-corrected chi connectivity index (χ1v) is 11.9. The first-order chi connectivity index (χ1) is 15.0. The highest BCUT2D eigenvalue weighted by molar-refractivity contribution is 7.89. The van der Waals surface area contributed by atoms with Gasteiger partial charge in [0.05, 0.1) is 32.3 Å². The summed E-state index contributed by atoms with van der Waals surface area (Å²) in [6, 6.07) is 9.02. The molecule has 9 heteroatoms. The fourth-order valence-corrected chi connectivity index (χ4v) is 6.01. The number of benzene rings is 1. The van der Waals surface area contributed by atoms with E-state index in [1.165, 1.54) is 20.3 Å². The number of methoxy groups -OCH3 is 2. The van der Waals surface area contributed by atoms with Crippen LogP contribution in [-0.4, -0.2) is 75.7 Å². The van der Waals surface area contributed by atoms with Crippen molar-refractivity contribution in [1.82, 2.24) is 14.2 Å². The van der Waals surface area contributed by atoms with Crippen LogP contribution in [0.1, 0.15) is 12.0 Å². The summed E-state index contributed by atoms with van der Waals surface area (Å²) in [6.45, 7) is 3.74. The summed E-state index contributed by atoms with van der Waals surface area (Å²) < 4.78 is 44.7. The molecule has 8 nitrogen and oxygen atoms in total. The van der Waals surface area contributed by atoms with Crippen molar-refractivity contribution in [2.75, 3.05) is 47.1 Å². The molecule has 0 bridgehead atoms. The zero-order valence-corrected chi connectivity index (χ0v) is 18.8. The maximum Gasteiger partial charge on any atom is 0.243 e. The smallest absolute Gasteiger partial charge is 0.243 e. The van der Waals surface area contributed by atoms with E-state index in [0.29, 0.717) is 37.8 Å². The number of hydrogen-bond donors (Lipinski definition) is 0. The molecular weight excluding hydrogens is 418 g/mol. The van der Waals surface area contributed by atoms with Crippen molar-refractivity contribution in [3.05, 3.63) is 48.3 Å². The second kappa shape index (κ2) is 9.52. The van der Waals surface area contributed by atoms with Gasteiger partial charge in [0.1, 0.15) is 0 Å². The van der Waals surface area contributed by atoms with Crippen molar-refractivity contribution in [3.8, 4) is 11.5 Å². The Morgan fingerprint density at radius 1 is 1.16 bits per heavy atom. The molecule has 0 N–H and O–H groups in total. The van der Waals surface area contributed by atoms with Crippen LogP contribution in [0.4, 0.5) is 0 Å². The van der Waals surface area contributed by atoms with Gasteiger partial charge in [0.25, 0.3) is 0 Å². The van der Waals surface area contributed by atoms with Gasteiger partial charge in [0, 0.05) is 56.6 Å². The Labute approximate surface area is 183 Å². The second-order valence-corrected chi connectivity index (χ2v) is 9.84. The van der Waals surface area contributed by atoms with Crippen LogP contribution in [0.25, 0.3) is 0 Å². The van der Waals surface area contributed by atoms with Gasteiger partial charge in [-0.15, -0.1) is 0 Å². The lowest BCUT2D eigenvalue weighted by Gasteiger charge is -2.41. The van der Waals surface area contributed by atoms with Crippen LogP contribution in [0.5, 0.6) is 11.5 Å². The van der Waals surface area contributed by atoms with Gasteiger partial charge in [-0.3, -0.25) is 9.88 Å². The predicted octanol–water partition coefficient (Wildman–Crippen LogP) is 2.01. The molecule has 1 aromatic heterocycles. The average Bonchev–Trinajstić information content (AvgIpc) is 3.01. The number of rotatable bonds is 6. The monoisotopic (exact) mass is 447 g/mol. The normalized spacial score (nSPS) is 23.0. The quantitative estimate of drug-likeness (QED) is 0.670. The maximum atomic E-state index is 13.4. The fourth-order valence-electron chi connectivity index (χ4n) is 4.48. The molecule has 2 aromatic rings. The van der Waals surface area contributed by atoms with Gasteiger partial charge in [-0.25, -0.2) is 8.42 Å². The molecule has 1 aromatic carbocycles. The lowest BCUT2D eigenvalue weighted by Crippen LogP contribution is -2.52. The molecule has 2 saturated heterocycles. The largest absolute Gasteiger partial charge is 0.493 e. The molecule has 0 aliphatic carbocycles. The summed E-state index contributed by atoms with van der Waals surface area (Å²) in [5.74, 6) is 1.02. The molecule has 168 valence electrons. The first kappa shape index (κ1) is 22.0. The SMILES string of the molecule is COc1ccc(S(=O)(=O)N2CC[C@@H]3[C@@H](COCCN3Cc3cccnc3)C2)cc1OC. The molecule has 2 atom stereocenters. The van der Waals surface area contributed by atoms with Crippen molar-refractivity contribution in [2.45, 2.75) is 23.9 Å². The van der Waals surface area contributed by atoms with Crippen molar-refractivity contribution in [1.29, 1.82) is 0 Å². The van der Waals surface area contributed by atoms with Gasteiger partial charge in [-0.1, -0.05) is 6.07 Å². The van der Waals surface area contributed by atoms with Crippen LogP contribution >= 0.6 is 0 Å². The van der Waals surface area contributed by atoms with E-state index in [1.807, 2.05) is 12.3 Å². The van der Waals surface area contributed by atoms with Crippen LogP contribution in [-0.2, 0) is 21.3 Å². The third kappa shape index (κ3) is 4.69. The van der Waals surface area contributed by atoms with Crippen LogP contribution in [0, 0.1) is 5.92 Å². The Bertz CT molecular complexity index is 986. The minimum atomic E-state index is -3.64. The van der Waals surface area contributed by atoms with Gasteiger partial charge in [-0.05, 0) is 30.2 Å². The Morgan fingerprint density at radius 2 is 2.00 bits per heavy atom. The first-order valence-electron chi connectivity index (χ1n) is 10.5. The zero-order valence-electron chi connectivity index (χ0n) is 17.9. The van der Waals surface area contributed by atoms with E-state index in [4.69, 9.17) is 14.2 Å². The van der Waals surface area contributed by atoms with E-state index in [-0.39, 0.29) is 16.9 Å². The number of piperidine rings is 1. The predicted molar refractivity (Wildman–Crippen MR) is 116 cm³/mol. The Balaban J connectivity index is 1.52. The van der Waals surface area contributed by atoms with Gasteiger partial charge >= 0.3 is 0 Å². The molecule has 0 unspecified atom stereocenters. The number of hydrogen-bond acceptors (Lipinski definition) is 7. The number of nitrogens with zero attached hydrogens (tertiary/aromatic N) is 3. The summed E-state index contributed by atoms with van der Waals surface area (Å²) in [4.78, 5) is 6.84. The minimum absolute atomic E-state index is 0.114. The summed E-state index contributed by atoms with van der Waals surface area (Å²) in [5, 5.41) is 0. The zero-order chi connectivity index (χ0) is 21.8. The number of aromatic nitrogens is 1. The number of ether oxygens (including phenoxy) is 3. The standard InChI is InChI=1S/C22H29N3O5S/c1-28-21-6-5-19(12-22(21)29-2)31(26,27)25-9-7-20-18(15-25)16-30-11-10-24(20)14-17-4-3-8-23-13-17/h3-6,8,12-13,18,20H,7,9-11,14-16H2,1-2H3/t18-,20-/m1/s1. The van der Waals surface area contributed by atoms with Crippen LogP contribution in [0.2, 0.25) is 0 Å². The molecule has 0 radical (unpaired) electrons. The van der Waals surface area contributed by atoms with Gasteiger partial charge in [0.15, 0.2) is 11.5 Å². The fraction of sp³-hybridized carbons (Fsp3) is 0.500. The topological polar surface area (TPSA) is 81.2 Å². The van der Waals surface area contributed by atoms with E-state index in [9.17, 15) is 8.42 Å². The van der Waals surface area contributed by atoms with Crippen molar-refractivity contribution >= 4 is 10.0 Å². The highest BCUT2D eigenvalue weighted by Gasteiger charge is 2.39. The molecule has 3 heterocycles. The van der Waals surface area contributed by atoms with Crippen LogP contribution in [0.3, 0.4) is 0 Å². The number of pyridine rings is 1. The molecular formula is C22H29N3O5S. The van der Waals surface area contributed by atoms with E-state index in [2.05, 4.69) is 16.0 Å². The van der Waals surface area contributed by atoms with E-state index in [1.54, 1.807) is 22.6 Å². The van der Waals surface area contributed by atoms with Gasteiger partial charge < -0.3 is 14.2 Å². The minimum Gasteiger partial charge on any atom is -0.493 e. The van der Waals surface area contributed by atoms with Crippen molar-refractivity contribution in [2.24, 2.45) is 5.92 Å². The summed E-state index contributed by atoms with van der Waals surface area (Å²) >= 11 is 0. The van der Waals surface area contributed by atoms with E-state index < -0.39 is 10.0 Å². The Kier molecular flexibility index (Phi) is 6.76. The van der Waals surface area contributed by atoms with Gasteiger partial charge in [0.2, 0.25) is 10.0 Å². The number of fused-ring (bicyclic) bond motifs is 1. The summed E-state index contributed by atoms with van der Waals surface area (Å²) in [7, 11) is -0.617. The van der Waals surface area contributed by atoms with Crippen molar-refractivity contribution in [3.63, 3.8) is 0 Å². The summed E-state index contributed by atoms with van der Waals surface area (Å²) in [5.41, 5.74) is 1.16. The van der Waals surface area contributed by atoms with Crippen LogP contribution < -0.4 is 9.47 Å². The number of sulfonamides is 1. The lowest BCUT2D eigenvalue weighted by atomic mass is 9.92. The third-order valence-corrected chi connectivity index (χ3v) is 7.94. The Hall–Kier alpha value is -2.20. The summed E-state index contributed by atoms with van der Waals surface area (Å²) in [6.07, 6.45) is 4.42. The second-order valence-electron chi connectivity index (χ2n) is 7.90.